The lowest BCUT2D eigenvalue weighted by atomic mass is 10.2. The first-order chi connectivity index (χ1) is 9.47. The quantitative estimate of drug-likeness (QED) is 0.768. The van der Waals surface area contributed by atoms with Crippen molar-refractivity contribution >= 4 is 50.5 Å². The van der Waals surface area contributed by atoms with Crippen molar-refractivity contribution in [2.75, 3.05) is 24.3 Å². The molecule has 0 saturated heterocycles. The van der Waals surface area contributed by atoms with Gasteiger partial charge in [0, 0.05) is 35.8 Å². The van der Waals surface area contributed by atoms with E-state index in [1.807, 2.05) is 55.4 Å². The van der Waals surface area contributed by atoms with E-state index in [9.17, 15) is 0 Å². The number of nitrogens with zero attached hydrogens (tertiary/aromatic N) is 1. The minimum absolute atomic E-state index is 0.679. The van der Waals surface area contributed by atoms with Crippen LogP contribution in [0.5, 0.6) is 0 Å². The molecule has 106 valence electrons. The fourth-order valence-corrected chi connectivity index (χ4v) is 2.79. The molecule has 0 heterocycles. The number of nitrogens with one attached hydrogen (secondary N) is 1. The molecule has 0 aliphatic carbocycles. The van der Waals surface area contributed by atoms with Crippen LogP contribution in [0.1, 0.15) is 5.56 Å². The van der Waals surface area contributed by atoms with Crippen molar-refractivity contribution in [3.8, 4) is 0 Å². The van der Waals surface area contributed by atoms with E-state index < -0.39 is 0 Å². The number of anilines is 2. The van der Waals surface area contributed by atoms with Gasteiger partial charge in [0.2, 0.25) is 0 Å². The van der Waals surface area contributed by atoms with Gasteiger partial charge >= 0.3 is 0 Å². The third-order valence-corrected chi connectivity index (χ3v) is 4.23. The van der Waals surface area contributed by atoms with Crippen molar-refractivity contribution in [2.45, 2.75) is 6.54 Å². The van der Waals surface area contributed by atoms with E-state index in [0.717, 1.165) is 31.5 Å². The first-order valence-corrected chi connectivity index (χ1v) is 7.67. The van der Waals surface area contributed by atoms with Crippen molar-refractivity contribution < 1.29 is 0 Å². The molecule has 0 fully saturated rings. The minimum atomic E-state index is 0.679. The van der Waals surface area contributed by atoms with Gasteiger partial charge in [-0.3, -0.25) is 0 Å². The normalized spacial score (nSPS) is 10.4. The second-order valence-corrected chi connectivity index (χ2v) is 6.35. The highest BCUT2D eigenvalue weighted by atomic mass is 79.9. The molecule has 2 rings (SSSR count). The van der Waals surface area contributed by atoms with Crippen LogP contribution in [0.2, 0.25) is 10.0 Å². The zero-order chi connectivity index (χ0) is 14.7. The molecular formula is C15H15BrCl2N2. The van der Waals surface area contributed by atoms with Crippen molar-refractivity contribution in [2.24, 2.45) is 0 Å². The van der Waals surface area contributed by atoms with E-state index in [1.54, 1.807) is 0 Å². The van der Waals surface area contributed by atoms with Crippen LogP contribution in [-0.2, 0) is 6.54 Å². The molecule has 5 heteroatoms. The number of halogens is 3. The number of rotatable bonds is 4. The van der Waals surface area contributed by atoms with Gasteiger partial charge in [-0.15, -0.1) is 0 Å². The Labute approximate surface area is 137 Å². The van der Waals surface area contributed by atoms with Crippen LogP contribution in [0.4, 0.5) is 11.4 Å². The zero-order valence-corrected chi connectivity index (χ0v) is 14.4. The Kier molecular flexibility index (Phi) is 5.19. The molecular weight excluding hydrogens is 359 g/mol. The highest BCUT2D eigenvalue weighted by Gasteiger charge is 2.05. The first kappa shape index (κ1) is 15.5. The maximum absolute atomic E-state index is 6.25. The summed E-state index contributed by atoms with van der Waals surface area (Å²) in [7, 11) is 3.94. The summed E-state index contributed by atoms with van der Waals surface area (Å²) in [4.78, 5) is 1.99. The SMILES string of the molecule is CN(C)c1ccc(NCc2cc(Cl)ccc2Br)cc1Cl. The lowest BCUT2D eigenvalue weighted by molar-refractivity contribution is 1.12. The average Bonchev–Trinajstić information content (AvgIpc) is 2.39. The van der Waals surface area contributed by atoms with Crippen molar-refractivity contribution in [1.82, 2.24) is 0 Å². The Morgan fingerprint density at radius 1 is 1.10 bits per heavy atom. The molecule has 0 bridgehead atoms. The second-order valence-electron chi connectivity index (χ2n) is 4.65. The maximum Gasteiger partial charge on any atom is 0.0659 e. The molecule has 0 saturated carbocycles. The highest BCUT2D eigenvalue weighted by Crippen LogP contribution is 2.28. The third-order valence-electron chi connectivity index (χ3n) is 2.92. The molecule has 2 nitrogen and oxygen atoms in total. The van der Waals surface area contributed by atoms with Crippen molar-refractivity contribution in [1.29, 1.82) is 0 Å². The van der Waals surface area contributed by atoms with E-state index in [2.05, 4.69) is 21.2 Å². The molecule has 1 N–H and O–H groups in total. The Morgan fingerprint density at radius 2 is 1.85 bits per heavy atom. The van der Waals surface area contributed by atoms with Crippen LogP contribution in [0.25, 0.3) is 0 Å². The predicted molar refractivity (Wildman–Crippen MR) is 92.3 cm³/mol. The molecule has 0 amide bonds. The van der Waals surface area contributed by atoms with Crippen LogP contribution in [0.3, 0.4) is 0 Å². The van der Waals surface area contributed by atoms with Crippen LogP contribution in [0.15, 0.2) is 40.9 Å². The molecule has 0 aromatic heterocycles. The standard InChI is InChI=1S/C15H15BrCl2N2/c1-20(2)15-6-4-12(8-14(15)18)19-9-10-7-11(17)3-5-13(10)16/h3-8,19H,9H2,1-2H3. The number of hydrogen-bond acceptors (Lipinski definition) is 2. The second kappa shape index (κ2) is 6.70. The molecule has 0 unspecified atom stereocenters. The van der Waals surface area contributed by atoms with Crippen LogP contribution >= 0.6 is 39.1 Å². The van der Waals surface area contributed by atoms with Crippen molar-refractivity contribution in [3.63, 3.8) is 0 Å². The molecule has 0 radical (unpaired) electrons. The summed E-state index contributed by atoms with van der Waals surface area (Å²) in [5.74, 6) is 0. The van der Waals surface area contributed by atoms with Gasteiger partial charge < -0.3 is 10.2 Å². The summed E-state index contributed by atoms with van der Waals surface area (Å²) in [5, 5.41) is 4.80. The molecule has 0 atom stereocenters. The summed E-state index contributed by atoms with van der Waals surface area (Å²) in [6, 6.07) is 11.7. The van der Waals surface area contributed by atoms with Gasteiger partial charge in [0.25, 0.3) is 0 Å². The molecule has 20 heavy (non-hydrogen) atoms. The van der Waals surface area contributed by atoms with Crippen LogP contribution in [-0.4, -0.2) is 14.1 Å². The topological polar surface area (TPSA) is 15.3 Å². The predicted octanol–water partition coefficient (Wildman–Crippen LogP) is 5.43. The summed E-state index contributed by atoms with van der Waals surface area (Å²) < 4.78 is 1.03. The Morgan fingerprint density at radius 3 is 2.50 bits per heavy atom. The summed E-state index contributed by atoms with van der Waals surface area (Å²) in [5.41, 5.74) is 3.08. The molecule has 0 aliphatic heterocycles. The van der Waals surface area contributed by atoms with E-state index >= 15 is 0 Å². The molecule has 2 aromatic carbocycles. The molecule has 0 aliphatic rings. The fraction of sp³-hybridized carbons (Fsp3) is 0.200. The van der Waals surface area contributed by atoms with Gasteiger partial charge in [-0.25, -0.2) is 0 Å². The van der Waals surface area contributed by atoms with Gasteiger partial charge in [-0.1, -0.05) is 39.1 Å². The maximum atomic E-state index is 6.25. The van der Waals surface area contributed by atoms with Gasteiger partial charge in [0.1, 0.15) is 0 Å². The van der Waals surface area contributed by atoms with Gasteiger partial charge in [0.15, 0.2) is 0 Å². The minimum Gasteiger partial charge on any atom is -0.381 e. The molecule has 0 spiro atoms. The third kappa shape index (κ3) is 3.81. The largest absolute Gasteiger partial charge is 0.381 e. The zero-order valence-electron chi connectivity index (χ0n) is 11.3. The monoisotopic (exact) mass is 372 g/mol. The summed E-state index contributed by atoms with van der Waals surface area (Å²) >= 11 is 15.8. The molecule has 2 aromatic rings. The highest BCUT2D eigenvalue weighted by molar-refractivity contribution is 9.10. The van der Waals surface area contributed by atoms with E-state index in [0.29, 0.717) is 6.54 Å². The Balaban J connectivity index is 2.11. The van der Waals surface area contributed by atoms with Gasteiger partial charge in [-0.2, -0.15) is 0 Å². The van der Waals surface area contributed by atoms with E-state index in [4.69, 9.17) is 23.2 Å². The Hall–Kier alpha value is -0.900. The van der Waals surface area contributed by atoms with Crippen LogP contribution in [0, 0.1) is 0 Å². The average molecular weight is 374 g/mol. The number of hydrogen-bond donors (Lipinski definition) is 1. The van der Waals surface area contributed by atoms with E-state index in [-0.39, 0.29) is 0 Å². The fourth-order valence-electron chi connectivity index (χ4n) is 1.86. The van der Waals surface area contributed by atoms with Crippen molar-refractivity contribution in [3.05, 3.63) is 56.5 Å². The van der Waals surface area contributed by atoms with Crippen LogP contribution < -0.4 is 10.2 Å². The lowest BCUT2D eigenvalue weighted by Gasteiger charge is -2.16. The number of benzene rings is 2. The lowest BCUT2D eigenvalue weighted by Crippen LogP contribution is -2.09. The smallest absolute Gasteiger partial charge is 0.0659 e. The Bertz CT molecular complexity index is 615. The van der Waals surface area contributed by atoms with Gasteiger partial charge in [0.05, 0.1) is 10.7 Å². The summed E-state index contributed by atoms with van der Waals surface area (Å²) in [6.45, 7) is 0.679. The first-order valence-electron chi connectivity index (χ1n) is 6.12. The van der Waals surface area contributed by atoms with E-state index in [1.165, 1.54) is 0 Å². The summed E-state index contributed by atoms with van der Waals surface area (Å²) in [6.07, 6.45) is 0. The van der Waals surface area contributed by atoms with Gasteiger partial charge in [-0.05, 0) is 42.0 Å².